The van der Waals surface area contributed by atoms with Crippen LogP contribution in [0.15, 0.2) is 24.3 Å². The molecule has 0 saturated carbocycles. The zero-order valence-corrected chi connectivity index (χ0v) is 11.5. The summed E-state index contributed by atoms with van der Waals surface area (Å²) in [4.78, 5) is 14.7. The molecule has 3 unspecified atom stereocenters. The topological polar surface area (TPSA) is 46.3 Å². The Labute approximate surface area is 114 Å². The van der Waals surface area contributed by atoms with Crippen molar-refractivity contribution in [2.75, 3.05) is 13.1 Å². The summed E-state index contributed by atoms with van der Waals surface area (Å²) in [7, 11) is 0. The lowest BCUT2D eigenvalue weighted by molar-refractivity contribution is -0.132. The summed E-state index contributed by atoms with van der Waals surface area (Å²) in [5, 5.41) is 0. The zero-order valence-electron chi connectivity index (χ0n) is 11.5. The van der Waals surface area contributed by atoms with Crippen LogP contribution in [0.2, 0.25) is 0 Å². The average Bonchev–Trinajstić information content (AvgIpc) is 2.77. The highest BCUT2D eigenvalue weighted by molar-refractivity contribution is 5.84. The fourth-order valence-electron chi connectivity index (χ4n) is 3.40. The van der Waals surface area contributed by atoms with Gasteiger partial charge in [0.2, 0.25) is 5.91 Å². The van der Waals surface area contributed by atoms with Crippen LogP contribution in [0.3, 0.4) is 0 Å². The van der Waals surface area contributed by atoms with E-state index < -0.39 is 0 Å². The van der Waals surface area contributed by atoms with Gasteiger partial charge in [0.25, 0.3) is 0 Å². The first-order valence-corrected chi connectivity index (χ1v) is 7.29. The van der Waals surface area contributed by atoms with E-state index >= 15 is 0 Å². The van der Waals surface area contributed by atoms with Gasteiger partial charge < -0.3 is 10.6 Å². The van der Waals surface area contributed by atoms with Gasteiger partial charge in [-0.2, -0.15) is 0 Å². The van der Waals surface area contributed by atoms with Gasteiger partial charge in [-0.15, -0.1) is 0 Å². The van der Waals surface area contributed by atoms with Gasteiger partial charge in [-0.25, -0.2) is 0 Å². The molecule has 1 heterocycles. The van der Waals surface area contributed by atoms with Gasteiger partial charge in [-0.1, -0.05) is 31.2 Å². The quantitative estimate of drug-likeness (QED) is 0.836. The lowest BCUT2D eigenvalue weighted by Gasteiger charge is -2.28. The fourth-order valence-corrected chi connectivity index (χ4v) is 3.40. The van der Waals surface area contributed by atoms with Gasteiger partial charge in [0.1, 0.15) is 0 Å². The monoisotopic (exact) mass is 258 g/mol. The molecule has 1 saturated heterocycles. The number of fused-ring (bicyclic) bond motifs is 1. The first-order valence-electron chi connectivity index (χ1n) is 7.29. The highest BCUT2D eigenvalue weighted by Gasteiger charge is 2.35. The van der Waals surface area contributed by atoms with E-state index in [-0.39, 0.29) is 17.9 Å². The van der Waals surface area contributed by atoms with Crippen LogP contribution in [-0.2, 0) is 11.2 Å². The number of carbonyl (C=O) groups excluding carboxylic acids is 1. The van der Waals surface area contributed by atoms with Gasteiger partial charge in [0, 0.05) is 19.1 Å². The van der Waals surface area contributed by atoms with Crippen LogP contribution < -0.4 is 5.73 Å². The summed E-state index contributed by atoms with van der Waals surface area (Å²) >= 11 is 0. The summed E-state index contributed by atoms with van der Waals surface area (Å²) in [5.74, 6) is 0.761. The minimum atomic E-state index is 0.0578. The summed E-state index contributed by atoms with van der Waals surface area (Å²) in [6.45, 7) is 3.67. The Morgan fingerprint density at radius 3 is 2.84 bits per heavy atom. The SMILES string of the molecule is CC1CN(C(=O)C2CCCc3ccccc32)CC1N. The third-order valence-electron chi connectivity index (χ3n) is 4.65. The molecule has 0 bridgehead atoms. The van der Waals surface area contributed by atoms with Gasteiger partial charge in [0.15, 0.2) is 0 Å². The molecule has 19 heavy (non-hydrogen) atoms. The van der Waals surface area contributed by atoms with Gasteiger partial charge in [0.05, 0.1) is 5.92 Å². The number of nitrogens with two attached hydrogens (primary N) is 1. The highest BCUT2D eigenvalue weighted by atomic mass is 16.2. The minimum Gasteiger partial charge on any atom is -0.340 e. The van der Waals surface area contributed by atoms with Gasteiger partial charge in [-0.05, 0) is 36.3 Å². The molecule has 1 aliphatic carbocycles. The Balaban J connectivity index is 1.82. The Hall–Kier alpha value is -1.35. The molecule has 3 rings (SSSR count). The van der Waals surface area contributed by atoms with Crippen molar-refractivity contribution >= 4 is 5.91 Å². The summed E-state index contributed by atoms with van der Waals surface area (Å²) < 4.78 is 0. The number of amides is 1. The van der Waals surface area contributed by atoms with Gasteiger partial charge >= 0.3 is 0 Å². The molecular weight excluding hydrogens is 236 g/mol. The second-order valence-corrected chi connectivity index (χ2v) is 6.03. The summed E-state index contributed by atoms with van der Waals surface area (Å²) in [6, 6.07) is 8.54. The number of hydrogen-bond acceptors (Lipinski definition) is 2. The van der Waals surface area contributed by atoms with Crippen LogP contribution in [0, 0.1) is 5.92 Å². The van der Waals surface area contributed by atoms with Crippen LogP contribution in [0.5, 0.6) is 0 Å². The van der Waals surface area contributed by atoms with E-state index in [0.717, 1.165) is 32.4 Å². The van der Waals surface area contributed by atoms with Crippen LogP contribution in [0.25, 0.3) is 0 Å². The maximum Gasteiger partial charge on any atom is 0.230 e. The number of benzene rings is 1. The fraction of sp³-hybridized carbons (Fsp3) is 0.562. The first kappa shape index (κ1) is 12.7. The van der Waals surface area contributed by atoms with Crippen molar-refractivity contribution in [3.63, 3.8) is 0 Å². The molecule has 0 radical (unpaired) electrons. The second kappa shape index (κ2) is 4.97. The average molecular weight is 258 g/mol. The predicted molar refractivity (Wildman–Crippen MR) is 75.8 cm³/mol. The van der Waals surface area contributed by atoms with Crippen LogP contribution in [0.4, 0.5) is 0 Å². The van der Waals surface area contributed by atoms with E-state index in [1.54, 1.807) is 0 Å². The van der Waals surface area contributed by atoms with Crippen LogP contribution in [-0.4, -0.2) is 29.9 Å². The molecule has 1 aliphatic heterocycles. The second-order valence-electron chi connectivity index (χ2n) is 6.03. The van der Waals surface area contributed by atoms with Crippen molar-refractivity contribution < 1.29 is 4.79 Å². The lowest BCUT2D eigenvalue weighted by Crippen LogP contribution is -2.36. The maximum atomic E-state index is 12.7. The molecule has 1 aromatic rings. The van der Waals surface area contributed by atoms with Crippen molar-refractivity contribution in [3.05, 3.63) is 35.4 Å². The molecule has 2 N–H and O–H groups in total. The molecule has 2 aliphatic rings. The van der Waals surface area contributed by atoms with E-state index in [9.17, 15) is 4.79 Å². The Morgan fingerprint density at radius 2 is 2.11 bits per heavy atom. The Bertz CT molecular complexity index is 475. The molecule has 0 spiro atoms. The number of carbonyl (C=O) groups is 1. The van der Waals surface area contributed by atoms with E-state index in [2.05, 4.69) is 25.1 Å². The molecule has 1 fully saturated rings. The van der Waals surface area contributed by atoms with E-state index in [4.69, 9.17) is 5.73 Å². The number of nitrogens with zero attached hydrogens (tertiary/aromatic N) is 1. The summed E-state index contributed by atoms with van der Waals surface area (Å²) in [6.07, 6.45) is 3.20. The van der Waals surface area contributed by atoms with Gasteiger partial charge in [-0.3, -0.25) is 4.79 Å². The van der Waals surface area contributed by atoms with Crippen molar-refractivity contribution in [1.82, 2.24) is 4.90 Å². The molecule has 102 valence electrons. The number of likely N-dealkylation sites (tertiary alicyclic amines) is 1. The van der Waals surface area contributed by atoms with Crippen LogP contribution >= 0.6 is 0 Å². The van der Waals surface area contributed by atoms with Crippen molar-refractivity contribution in [3.8, 4) is 0 Å². The first-order chi connectivity index (χ1) is 9.16. The van der Waals surface area contributed by atoms with Crippen molar-refractivity contribution in [1.29, 1.82) is 0 Å². The minimum absolute atomic E-state index is 0.0578. The van der Waals surface area contributed by atoms with E-state index in [1.165, 1.54) is 11.1 Å². The molecular formula is C16H22N2O. The Kier molecular flexibility index (Phi) is 3.31. The van der Waals surface area contributed by atoms with Crippen molar-refractivity contribution in [2.24, 2.45) is 11.7 Å². The van der Waals surface area contributed by atoms with Crippen molar-refractivity contribution in [2.45, 2.75) is 38.1 Å². The molecule has 0 aromatic heterocycles. The van der Waals surface area contributed by atoms with E-state index in [1.807, 2.05) is 11.0 Å². The molecule has 1 aromatic carbocycles. The molecule has 3 atom stereocenters. The molecule has 1 amide bonds. The normalized spacial score (nSPS) is 30.2. The zero-order chi connectivity index (χ0) is 13.4. The predicted octanol–water partition coefficient (Wildman–Crippen LogP) is 1.91. The number of rotatable bonds is 1. The molecule has 3 heteroatoms. The van der Waals surface area contributed by atoms with E-state index in [0.29, 0.717) is 5.92 Å². The highest BCUT2D eigenvalue weighted by Crippen LogP contribution is 2.33. The maximum absolute atomic E-state index is 12.7. The number of aryl methyl sites for hydroxylation is 1. The largest absolute Gasteiger partial charge is 0.340 e. The summed E-state index contributed by atoms with van der Waals surface area (Å²) in [5.41, 5.74) is 8.63. The standard InChI is InChI=1S/C16H22N2O/c1-11-9-18(10-15(11)17)16(19)14-8-4-6-12-5-2-3-7-13(12)14/h2-3,5,7,11,14-15H,4,6,8-10,17H2,1H3. The Morgan fingerprint density at radius 1 is 1.32 bits per heavy atom. The third kappa shape index (κ3) is 2.27. The smallest absolute Gasteiger partial charge is 0.230 e. The molecule has 3 nitrogen and oxygen atoms in total. The lowest BCUT2D eigenvalue weighted by atomic mass is 9.82. The third-order valence-corrected chi connectivity index (χ3v) is 4.65. The number of hydrogen-bond donors (Lipinski definition) is 1. The van der Waals surface area contributed by atoms with Crippen LogP contribution in [0.1, 0.15) is 36.8 Å².